The van der Waals surface area contributed by atoms with E-state index < -0.39 is 11.9 Å². The average molecular weight is 208 g/mol. The van der Waals surface area contributed by atoms with Crippen LogP contribution in [0.25, 0.3) is 0 Å². The highest BCUT2D eigenvalue weighted by Crippen LogP contribution is 2.19. The molecule has 0 fully saturated rings. The van der Waals surface area contributed by atoms with Gasteiger partial charge in [-0.05, 0) is 0 Å². The molecule has 0 aromatic carbocycles. The van der Waals surface area contributed by atoms with E-state index in [-0.39, 0.29) is 11.4 Å². The van der Waals surface area contributed by atoms with Crippen molar-refractivity contribution >= 4 is 29.5 Å². The minimum Gasteiger partial charge on any atom is -0.474 e. The Balaban J connectivity index is 3.00. The number of carbonyl (C=O) groups excluding carboxylic acids is 1. The predicted octanol–water partition coefficient (Wildman–Crippen LogP) is -0.315. The predicted molar refractivity (Wildman–Crippen MR) is 52.8 cm³/mol. The van der Waals surface area contributed by atoms with Crippen LogP contribution in [0.15, 0.2) is 12.4 Å². The van der Waals surface area contributed by atoms with Crippen LogP contribution in [0.1, 0.15) is 5.56 Å². The SMILES string of the molecule is N=Cc1cncc(NC(=O)C(=O)O)c1N. The molecule has 0 saturated heterocycles. The zero-order chi connectivity index (χ0) is 11.4. The van der Waals surface area contributed by atoms with Crippen molar-refractivity contribution in [3.63, 3.8) is 0 Å². The quantitative estimate of drug-likeness (QED) is 0.391. The summed E-state index contributed by atoms with van der Waals surface area (Å²) in [6.45, 7) is 0. The van der Waals surface area contributed by atoms with Gasteiger partial charge in [0, 0.05) is 18.0 Å². The molecule has 1 aromatic heterocycles. The van der Waals surface area contributed by atoms with Gasteiger partial charge in [-0.2, -0.15) is 0 Å². The van der Waals surface area contributed by atoms with E-state index >= 15 is 0 Å². The summed E-state index contributed by atoms with van der Waals surface area (Å²) in [6, 6.07) is 0. The first-order valence-electron chi connectivity index (χ1n) is 3.84. The Hall–Kier alpha value is -2.44. The first-order chi connectivity index (χ1) is 7.06. The normalized spacial score (nSPS) is 9.33. The molecule has 0 radical (unpaired) electrons. The number of anilines is 2. The highest BCUT2D eigenvalue weighted by Gasteiger charge is 2.13. The van der Waals surface area contributed by atoms with Crippen LogP contribution >= 0.6 is 0 Å². The summed E-state index contributed by atoms with van der Waals surface area (Å²) >= 11 is 0. The molecule has 1 amide bonds. The van der Waals surface area contributed by atoms with Gasteiger partial charge in [-0.25, -0.2) is 4.79 Å². The Kier molecular flexibility index (Phi) is 2.97. The zero-order valence-corrected chi connectivity index (χ0v) is 7.52. The maximum atomic E-state index is 10.8. The molecule has 7 heteroatoms. The number of carbonyl (C=O) groups is 2. The van der Waals surface area contributed by atoms with Crippen molar-refractivity contribution < 1.29 is 14.7 Å². The number of rotatable bonds is 2. The summed E-state index contributed by atoms with van der Waals surface area (Å²) in [5.41, 5.74) is 6.03. The summed E-state index contributed by atoms with van der Waals surface area (Å²) in [5, 5.41) is 17.4. The first kappa shape index (κ1) is 10.6. The lowest BCUT2D eigenvalue weighted by Crippen LogP contribution is -2.22. The number of nitrogens with one attached hydrogen (secondary N) is 2. The zero-order valence-electron chi connectivity index (χ0n) is 7.52. The molecule has 5 N–H and O–H groups in total. The van der Waals surface area contributed by atoms with Crippen LogP contribution in [0.5, 0.6) is 0 Å². The van der Waals surface area contributed by atoms with Crippen LogP contribution in [0, 0.1) is 5.41 Å². The van der Waals surface area contributed by atoms with Crippen LogP contribution in [-0.4, -0.2) is 28.2 Å². The van der Waals surface area contributed by atoms with Gasteiger partial charge >= 0.3 is 11.9 Å². The second-order valence-electron chi connectivity index (χ2n) is 2.59. The fraction of sp³-hybridized carbons (Fsp3) is 0. The molecular formula is C8H8N4O3. The highest BCUT2D eigenvalue weighted by molar-refractivity contribution is 6.36. The largest absolute Gasteiger partial charge is 0.474 e. The number of carboxylic acids is 1. The third-order valence-electron chi connectivity index (χ3n) is 1.62. The lowest BCUT2D eigenvalue weighted by molar-refractivity contribution is -0.147. The van der Waals surface area contributed by atoms with Gasteiger partial charge < -0.3 is 21.6 Å². The maximum Gasteiger partial charge on any atom is 0.394 e. The topological polar surface area (TPSA) is 129 Å². The van der Waals surface area contributed by atoms with Crippen molar-refractivity contribution in [1.82, 2.24) is 4.98 Å². The molecule has 0 saturated carbocycles. The Bertz CT molecular complexity index is 430. The van der Waals surface area contributed by atoms with E-state index in [1.807, 2.05) is 0 Å². The van der Waals surface area contributed by atoms with Gasteiger partial charge in [-0.3, -0.25) is 9.78 Å². The lowest BCUT2D eigenvalue weighted by Gasteiger charge is -2.06. The van der Waals surface area contributed by atoms with Crippen LogP contribution in [0.2, 0.25) is 0 Å². The Morgan fingerprint density at radius 3 is 2.73 bits per heavy atom. The molecule has 0 aliphatic carbocycles. The minimum atomic E-state index is -1.62. The molecule has 1 heterocycles. The molecule has 78 valence electrons. The third kappa shape index (κ3) is 2.27. The number of pyridine rings is 1. The monoisotopic (exact) mass is 208 g/mol. The standard InChI is InChI=1S/C8H8N4O3/c9-1-4-2-11-3-5(6(4)10)12-7(13)8(14)15/h1-3,9H,(H2,10,11)(H,12,13)(H,14,15). The van der Waals surface area contributed by atoms with E-state index in [0.717, 1.165) is 6.21 Å². The van der Waals surface area contributed by atoms with Gasteiger partial charge in [0.2, 0.25) is 0 Å². The van der Waals surface area contributed by atoms with Crippen molar-refractivity contribution in [3.05, 3.63) is 18.0 Å². The third-order valence-corrected chi connectivity index (χ3v) is 1.62. The fourth-order valence-corrected chi connectivity index (χ4v) is 0.877. The van der Waals surface area contributed by atoms with Crippen LogP contribution < -0.4 is 11.1 Å². The van der Waals surface area contributed by atoms with Crippen LogP contribution in [0.4, 0.5) is 11.4 Å². The summed E-state index contributed by atoms with van der Waals surface area (Å²) in [4.78, 5) is 24.8. The van der Waals surface area contributed by atoms with Crippen molar-refractivity contribution in [2.75, 3.05) is 11.1 Å². The van der Waals surface area contributed by atoms with E-state index in [4.69, 9.17) is 16.2 Å². The number of amides is 1. The first-order valence-corrected chi connectivity index (χ1v) is 3.84. The maximum absolute atomic E-state index is 10.8. The molecule has 7 nitrogen and oxygen atoms in total. The van der Waals surface area contributed by atoms with E-state index in [1.165, 1.54) is 12.4 Å². The number of nitrogen functional groups attached to an aromatic ring is 1. The van der Waals surface area contributed by atoms with Gasteiger partial charge in [-0.15, -0.1) is 0 Å². The molecule has 1 aromatic rings. The Labute approximate surface area is 84.4 Å². The smallest absolute Gasteiger partial charge is 0.394 e. The van der Waals surface area contributed by atoms with Crippen molar-refractivity contribution in [1.29, 1.82) is 5.41 Å². The van der Waals surface area contributed by atoms with Gasteiger partial charge in [0.25, 0.3) is 0 Å². The summed E-state index contributed by atoms with van der Waals surface area (Å²) in [5.74, 6) is -2.82. The Morgan fingerprint density at radius 1 is 1.53 bits per heavy atom. The van der Waals surface area contributed by atoms with Crippen molar-refractivity contribution in [2.24, 2.45) is 0 Å². The molecule has 15 heavy (non-hydrogen) atoms. The van der Waals surface area contributed by atoms with Gasteiger partial charge in [-0.1, -0.05) is 0 Å². The highest BCUT2D eigenvalue weighted by atomic mass is 16.4. The van der Waals surface area contributed by atoms with Crippen LogP contribution in [-0.2, 0) is 9.59 Å². The fourth-order valence-electron chi connectivity index (χ4n) is 0.877. The number of nitrogens with zero attached hydrogens (tertiary/aromatic N) is 1. The molecule has 0 unspecified atom stereocenters. The molecule has 0 spiro atoms. The van der Waals surface area contributed by atoms with Gasteiger partial charge in [0.1, 0.15) is 0 Å². The number of hydrogen-bond acceptors (Lipinski definition) is 5. The van der Waals surface area contributed by atoms with Gasteiger partial charge in [0.15, 0.2) is 0 Å². The molecule has 0 aliphatic heterocycles. The van der Waals surface area contributed by atoms with E-state index in [9.17, 15) is 9.59 Å². The number of nitrogens with two attached hydrogens (primary N) is 1. The second kappa shape index (κ2) is 4.18. The molecule has 1 rings (SSSR count). The van der Waals surface area contributed by atoms with E-state index in [2.05, 4.69) is 10.3 Å². The minimum absolute atomic E-state index is 0.0726. The summed E-state index contributed by atoms with van der Waals surface area (Å²) < 4.78 is 0. The number of aromatic nitrogens is 1. The van der Waals surface area contributed by atoms with E-state index in [0.29, 0.717) is 5.56 Å². The molecule has 0 bridgehead atoms. The molecule has 0 aliphatic rings. The number of carboxylic acid groups (broad SMARTS) is 1. The molecular weight excluding hydrogens is 200 g/mol. The van der Waals surface area contributed by atoms with Gasteiger partial charge in [0.05, 0.1) is 17.6 Å². The number of hydrogen-bond donors (Lipinski definition) is 4. The Morgan fingerprint density at radius 2 is 2.20 bits per heavy atom. The summed E-state index contributed by atoms with van der Waals surface area (Å²) in [7, 11) is 0. The summed E-state index contributed by atoms with van der Waals surface area (Å²) in [6.07, 6.45) is 3.50. The van der Waals surface area contributed by atoms with E-state index in [1.54, 1.807) is 0 Å². The lowest BCUT2D eigenvalue weighted by atomic mass is 10.2. The second-order valence-corrected chi connectivity index (χ2v) is 2.59. The number of aliphatic carboxylic acids is 1. The van der Waals surface area contributed by atoms with Crippen molar-refractivity contribution in [2.45, 2.75) is 0 Å². The van der Waals surface area contributed by atoms with Crippen molar-refractivity contribution in [3.8, 4) is 0 Å². The molecule has 0 atom stereocenters. The average Bonchev–Trinajstić information content (AvgIpc) is 2.21. The van der Waals surface area contributed by atoms with Crippen LogP contribution in [0.3, 0.4) is 0 Å².